The highest BCUT2D eigenvalue weighted by Crippen LogP contribution is 2.29. The molecular formula is C18H22Cl2N4. The van der Waals surface area contributed by atoms with Crippen molar-refractivity contribution < 1.29 is 0 Å². The Kier molecular flexibility index (Phi) is 5.47. The third kappa shape index (κ3) is 3.93. The third-order valence-corrected chi connectivity index (χ3v) is 4.94. The molecule has 3 rings (SSSR count). The van der Waals surface area contributed by atoms with Crippen LogP contribution in [0.3, 0.4) is 0 Å². The summed E-state index contributed by atoms with van der Waals surface area (Å²) in [6.07, 6.45) is 4.80. The van der Waals surface area contributed by atoms with Gasteiger partial charge >= 0.3 is 0 Å². The van der Waals surface area contributed by atoms with Gasteiger partial charge in [0.05, 0.1) is 10.7 Å². The highest BCUT2D eigenvalue weighted by Gasteiger charge is 2.23. The fraction of sp³-hybridized carbons (Fsp3) is 0.444. The summed E-state index contributed by atoms with van der Waals surface area (Å²) in [5.41, 5.74) is 1.73. The van der Waals surface area contributed by atoms with Crippen molar-refractivity contribution in [1.82, 2.24) is 9.97 Å². The minimum atomic E-state index is 0.521. The molecule has 0 aliphatic carbocycles. The second-order valence-corrected chi connectivity index (χ2v) is 7.04. The van der Waals surface area contributed by atoms with E-state index in [4.69, 9.17) is 28.2 Å². The summed E-state index contributed by atoms with van der Waals surface area (Å²) >= 11 is 12.2. The Morgan fingerprint density at radius 2 is 2.04 bits per heavy atom. The van der Waals surface area contributed by atoms with Crippen molar-refractivity contribution >= 4 is 40.7 Å². The SMILES string of the molecule is CCC1CCCCN1c1nc(C)cc(Nc2ccc(Cl)cc2Cl)n1. The zero-order chi connectivity index (χ0) is 17.1. The van der Waals surface area contributed by atoms with Crippen molar-refractivity contribution in [3.05, 3.63) is 40.0 Å². The maximum absolute atomic E-state index is 6.25. The molecule has 2 heterocycles. The first-order chi connectivity index (χ1) is 11.6. The van der Waals surface area contributed by atoms with Crippen molar-refractivity contribution in [2.24, 2.45) is 0 Å². The number of benzene rings is 1. The van der Waals surface area contributed by atoms with Gasteiger partial charge in [0.2, 0.25) is 5.95 Å². The molecule has 1 atom stereocenters. The summed E-state index contributed by atoms with van der Waals surface area (Å²) in [6.45, 7) is 5.24. The van der Waals surface area contributed by atoms with E-state index in [0.717, 1.165) is 36.1 Å². The zero-order valence-corrected chi connectivity index (χ0v) is 15.5. The Labute approximate surface area is 153 Å². The van der Waals surface area contributed by atoms with Gasteiger partial charge in [0, 0.05) is 29.4 Å². The van der Waals surface area contributed by atoms with Crippen LogP contribution in [0.5, 0.6) is 0 Å². The van der Waals surface area contributed by atoms with Crippen LogP contribution in [0.4, 0.5) is 17.5 Å². The molecule has 128 valence electrons. The molecule has 1 unspecified atom stereocenters. The molecule has 1 saturated heterocycles. The Balaban J connectivity index is 1.88. The lowest BCUT2D eigenvalue weighted by Crippen LogP contribution is -2.40. The van der Waals surface area contributed by atoms with Crippen LogP contribution in [0.25, 0.3) is 0 Å². The molecule has 1 aromatic carbocycles. The molecule has 0 amide bonds. The van der Waals surface area contributed by atoms with E-state index in [-0.39, 0.29) is 0 Å². The summed E-state index contributed by atoms with van der Waals surface area (Å²) in [7, 11) is 0. The quantitative estimate of drug-likeness (QED) is 0.765. The second kappa shape index (κ2) is 7.58. The Bertz CT molecular complexity index is 720. The number of hydrogen-bond donors (Lipinski definition) is 1. The molecule has 1 fully saturated rings. The molecular weight excluding hydrogens is 343 g/mol. The van der Waals surface area contributed by atoms with E-state index in [1.165, 1.54) is 19.3 Å². The van der Waals surface area contributed by atoms with Crippen LogP contribution in [-0.2, 0) is 0 Å². The minimum absolute atomic E-state index is 0.521. The predicted octanol–water partition coefficient (Wildman–Crippen LogP) is 5.60. The van der Waals surface area contributed by atoms with Gasteiger partial charge in [-0.3, -0.25) is 0 Å². The zero-order valence-electron chi connectivity index (χ0n) is 14.0. The Morgan fingerprint density at radius 3 is 2.79 bits per heavy atom. The molecule has 0 saturated carbocycles. The number of rotatable bonds is 4. The number of nitrogens with one attached hydrogen (secondary N) is 1. The van der Waals surface area contributed by atoms with E-state index in [1.807, 2.05) is 25.1 Å². The molecule has 1 aromatic heterocycles. The number of halogens is 2. The molecule has 1 aliphatic heterocycles. The maximum atomic E-state index is 6.25. The first-order valence-electron chi connectivity index (χ1n) is 8.41. The summed E-state index contributed by atoms with van der Waals surface area (Å²) in [4.78, 5) is 11.7. The van der Waals surface area contributed by atoms with Gasteiger partial charge in [-0.05, 0) is 50.8 Å². The van der Waals surface area contributed by atoms with Crippen molar-refractivity contribution in [2.45, 2.75) is 45.6 Å². The van der Waals surface area contributed by atoms with Gasteiger partial charge in [0.1, 0.15) is 5.82 Å². The number of aromatic nitrogens is 2. The van der Waals surface area contributed by atoms with E-state index in [1.54, 1.807) is 6.07 Å². The number of nitrogens with zero attached hydrogens (tertiary/aromatic N) is 3. The largest absolute Gasteiger partial charge is 0.339 e. The van der Waals surface area contributed by atoms with Gasteiger partial charge < -0.3 is 10.2 Å². The van der Waals surface area contributed by atoms with Crippen LogP contribution in [-0.4, -0.2) is 22.6 Å². The van der Waals surface area contributed by atoms with E-state index < -0.39 is 0 Å². The Morgan fingerprint density at radius 1 is 1.21 bits per heavy atom. The van der Waals surface area contributed by atoms with Gasteiger partial charge in [-0.25, -0.2) is 4.98 Å². The normalized spacial score (nSPS) is 17.8. The van der Waals surface area contributed by atoms with Gasteiger partial charge in [0.15, 0.2) is 0 Å². The summed E-state index contributed by atoms with van der Waals surface area (Å²) in [5.74, 6) is 1.55. The van der Waals surface area contributed by atoms with Crippen molar-refractivity contribution in [3.8, 4) is 0 Å². The number of aryl methyl sites for hydroxylation is 1. The van der Waals surface area contributed by atoms with Crippen molar-refractivity contribution in [3.63, 3.8) is 0 Å². The van der Waals surface area contributed by atoms with E-state index in [2.05, 4.69) is 22.1 Å². The monoisotopic (exact) mass is 364 g/mol. The highest BCUT2D eigenvalue weighted by molar-refractivity contribution is 6.36. The molecule has 6 heteroatoms. The van der Waals surface area contributed by atoms with E-state index >= 15 is 0 Å². The molecule has 0 radical (unpaired) electrons. The van der Waals surface area contributed by atoms with Gasteiger partial charge in [-0.1, -0.05) is 30.1 Å². The van der Waals surface area contributed by atoms with Gasteiger partial charge in [-0.2, -0.15) is 4.98 Å². The molecule has 24 heavy (non-hydrogen) atoms. The van der Waals surface area contributed by atoms with Gasteiger partial charge in [-0.15, -0.1) is 0 Å². The third-order valence-electron chi connectivity index (χ3n) is 4.39. The standard InChI is InChI=1S/C18H22Cl2N4/c1-3-14-6-4-5-9-24(14)18-21-12(2)10-17(23-18)22-16-8-7-13(19)11-15(16)20/h7-8,10-11,14H,3-6,9H2,1-2H3,(H,21,22,23). The number of hydrogen-bond acceptors (Lipinski definition) is 4. The summed E-state index contributed by atoms with van der Waals surface area (Å²) in [5, 5.41) is 4.47. The van der Waals surface area contributed by atoms with Gasteiger partial charge in [0.25, 0.3) is 0 Å². The molecule has 0 spiro atoms. The lowest BCUT2D eigenvalue weighted by atomic mass is 10.0. The highest BCUT2D eigenvalue weighted by atomic mass is 35.5. The molecule has 0 bridgehead atoms. The topological polar surface area (TPSA) is 41.1 Å². The van der Waals surface area contributed by atoms with Crippen LogP contribution < -0.4 is 10.2 Å². The molecule has 1 aliphatic rings. The molecule has 1 N–H and O–H groups in total. The Hall–Kier alpha value is -1.52. The summed E-state index contributed by atoms with van der Waals surface area (Å²) < 4.78 is 0. The molecule has 4 nitrogen and oxygen atoms in total. The van der Waals surface area contributed by atoms with Crippen LogP contribution in [0.2, 0.25) is 10.0 Å². The van der Waals surface area contributed by atoms with Crippen LogP contribution >= 0.6 is 23.2 Å². The van der Waals surface area contributed by atoms with Crippen molar-refractivity contribution in [2.75, 3.05) is 16.8 Å². The van der Waals surface area contributed by atoms with Crippen LogP contribution in [0.1, 0.15) is 38.3 Å². The first kappa shape index (κ1) is 17.3. The van der Waals surface area contributed by atoms with E-state index in [9.17, 15) is 0 Å². The average molecular weight is 365 g/mol. The first-order valence-corrected chi connectivity index (χ1v) is 9.17. The smallest absolute Gasteiger partial charge is 0.227 e. The number of piperidine rings is 1. The average Bonchev–Trinajstić information content (AvgIpc) is 2.57. The maximum Gasteiger partial charge on any atom is 0.227 e. The van der Waals surface area contributed by atoms with E-state index in [0.29, 0.717) is 16.1 Å². The second-order valence-electron chi connectivity index (χ2n) is 6.19. The lowest BCUT2D eigenvalue weighted by molar-refractivity contribution is 0.443. The fourth-order valence-corrected chi connectivity index (χ4v) is 3.62. The summed E-state index contributed by atoms with van der Waals surface area (Å²) in [6, 6.07) is 7.84. The van der Waals surface area contributed by atoms with Crippen molar-refractivity contribution in [1.29, 1.82) is 0 Å². The van der Waals surface area contributed by atoms with Crippen LogP contribution in [0, 0.1) is 6.92 Å². The lowest BCUT2D eigenvalue weighted by Gasteiger charge is -2.35. The van der Waals surface area contributed by atoms with Crippen LogP contribution in [0.15, 0.2) is 24.3 Å². The molecule has 2 aromatic rings. The minimum Gasteiger partial charge on any atom is -0.339 e. The predicted molar refractivity (Wildman–Crippen MR) is 102 cm³/mol. The fourth-order valence-electron chi connectivity index (χ4n) is 3.16. The number of anilines is 3.